The third-order valence-corrected chi connectivity index (χ3v) is 3.82. The maximum atomic E-state index is 12.7. The van der Waals surface area contributed by atoms with E-state index in [1.807, 2.05) is 25.1 Å². The average molecular weight is 322 g/mol. The van der Waals surface area contributed by atoms with E-state index in [1.54, 1.807) is 6.07 Å². The lowest BCUT2D eigenvalue weighted by molar-refractivity contribution is -0.141. The second-order valence-corrected chi connectivity index (χ2v) is 6.09. The largest absolute Gasteiger partial charge is 0.433 e. The zero-order valence-corrected chi connectivity index (χ0v) is 13.6. The molecule has 23 heavy (non-hydrogen) atoms. The van der Waals surface area contributed by atoms with Gasteiger partial charge in [0.25, 0.3) is 0 Å². The van der Waals surface area contributed by atoms with E-state index in [4.69, 9.17) is 0 Å². The molecule has 0 spiro atoms. The van der Waals surface area contributed by atoms with Crippen molar-refractivity contribution in [1.29, 1.82) is 0 Å². The standard InChI is InChI=1S/C18H21F3N2/c1-12(2)15-7-4-6-14(22-15)11-10-13(3)16-8-5-9-17(23-16)18(19,20)21/h4-9,12-13H,10-11H2,1-3H3. The first-order valence-corrected chi connectivity index (χ1v) is 7.77. The normalized spacial score (nSPS) is 13.3. The lowest BCUT2D eigenvalue weighted by Crippen LogP contribution is -2.10. The van der Waals surface area contributed by atoms with Gasteiger partial charge in [-0.2, -0.15) is 13.2 Å². The molecule has 2 aromatic heterocycles. The van der Waals surface area contributed by atoms with Crippen LogP contribution in [0.3, 0.4) is 0 Å². The average Bonchev–Trinajstić information content (AvgIpc) is 2.52. The van der Waals surface area contributed by atoms with E-state index >= 15 is 0 Å². The molecule has 0 aliphatic carbocycles. The van der Waals surface area contributed by atoms with Crippen LogP contribution < -0.4 is 0 Å². The van der Waals surface area contributed by atoms with Crippen molar-refractivity contribution in [2.24, 2.45) is 0 Å². The Balaban J connectivity index is 2.05. The minimum absolute atomic E-state index is 0.0539. The molecule has 0 fully saturated rings. The van der Waals surface area contributed by atoms with E-state index < -0.39 is 11.9 Å². The number of aryl methyl sites for hydroxylation is 1. The van der Waals surface area contributed by atoms with Crippen molar-refractivity contribution < 1.29 is 13.2 Å². The Morgan fingerprint density at radius 3 is 2.22 bits per heavy atom. The van der Waals surface area contributed by atoms with Crippen LogP contribution in [0, 0.1) is 0 Å². The van der Waals surface area contributed by atoms with Gasteiger partial charge in [0.1, 0.15) is 5.69 Å². The van der Waals surface area contributed by atoms with E-state index in [-0.39, 0.29) is 5.92 Å². The minimum atomic E-state index is -4.40. The van der Waals surface area contributed by atoms with Gasteiger partial charge in [0.2, 0.25) is 0 Å². The van der Waals surface area contributed by atoms with Gasteiger partial charge in [0, 0.05) is 17.1 Å². The van der Waals surface area contributed by atoms with Crippen LogP contribution in [0.5, 0.6) is 0 Å². The van der Waals surface area contributed by atoms with E-state index in [0.29, 0.717) is 18.0 Å². The van der Waals surface area contributed by atoms with Crippen LogP contribution in [-0.4, -0.2) is 9.97 Å². The van der Waals surface area contributed by atoms with Crippen LogP contribution in [-0.2, 0) is 12.6 Å². The van der Waals surface area contributed by atoms with Gasteiger partial charge in [0.05, 0.1) is 0 Å². The maximum absolute atomic E-state index is 12.7. The van der Waals surface area contributed by atoms with E-state index in [2.05, 4.69) is 23.8 Å². The number of halogens is 3. The molecule has 2 aromatic rings. The molecule has 1 atom stereocenters. The molecule has 5 heteroatoms. The van der Waals surface area contributed by atoms with Crippen molar-refractivity contribution in [2.45, 2.75) is 51.6 Å². The highest BCUT2D eigenvalue weighted by Gasteiger charge is 2.32. The van der Waals surface area contributed by atoms with Crippen LogP contribution in [0.2, 0.25) is 0 Å². The number of alkyl halides is 3. The summed E-state index contributed by atoms with van der Waals surface area (Å²) in [7, 11) is 0. The molecule has 0 amide bonds. The number of nitrogens with zero attached hydrogens (tertiary/aromatic N) is 2. The molecule has 0 aliphatic rings. The molecule has 1 unspecified atom stereocenters. The fourth-order valence-corrected chi connectivity index (χ4v) is 2.35. The summed E-state index contributed by atoms with van der Waals surface area (Å²) in [6, 6.07) is 10.00. The molecule has 0 N–H and O–H groups in total. The van der Waals surface area contributed by atoms with Crippen molar-refractivity contribution in [3.8, 4) is 0 Å². The lowest BCUT2D eigenvalue weighted by Gasteiger charge is -2.14. The molecule has 2 heterocycles. The van der Waals surface area contributed by atoms with Crippen LogP contribution >= 0.6 is 0 Å². The summed E-state index contributed by atoms with van der Waals surface area (Å²) in [6.45, 7) is 6.07. The van der Waals surface area contributed by atoms with Crippen LogP contribution in [0.1, 0.15) is 61.8 Å². The van der Waals surface area contributed by atoms with Crippen LogP contribution in [0.4, 0.5) is 13.2 Å². The lowest BCUT2D eigenvalue weighted by atomic mass is 9.99. The Morgan fingerprint density at radius 1 is 0.913 bits per heavy atom. The molecule has 0 bridgehead atoms. The Labute approximate surface area is 134 Å². The van der Waals surface area contributed by atoms with E-state index in [1.165, 1.54) is 6.07 Å². The summed E-state index contributed by atoms with van der Waals surface area (Å²) in [6.07, 6.45) is -2.97. The zero-order chi connectivity index (χ0) is 17.0. The van der Waals surface area contributed by atoms with Crippen LogP contribution in [0.15, 0.2) is 36.4 Å². The first-order valence-electron chi connectivity index (χ1n) is 7.77. The molecular weight excluding hydrogens is 301 g/mol. The second-order valence-electron chi connectivity index (χ2n) is 6.09. The monoisotopic (exact) mass is 322 g/mol. The smallest absolute Gasteiger partial charge is 0.258 e. The maximum Gasteiger partial charge on any atom is 0.433 e. The van der Waals surface area contributed by atoms with Crippen molar-refractivity contribution in [3.05, 3.63) is 59.2 Å². The van der Waals surface area contributed by atoms with Gasteiger partial charge in [-0.05, 0) is 48.9 Å². The van der Waals surface area contributed by atoms with Crippen molar-refractivity contribution in [3.63, 3.8) is 0 Å². The van der Waals surface area contributed by atoms with Crippen molar-refractivity contribution in [1.82, 2.24) is 9.97 Å². The summed E-state index contributed by atoms with van der Waals surface area (Å²) in [5.74, 6) is 0.305. The minimum Gasteiger partial charge on any atom is -0.258 e. The summed E-state index contributed by atoms with van der Waals surface area (Å²) in [5.41, 5.74) is 1.64. The van der Waals surface area contributed by atoms with Gasteiger partial charge in [0.15, 0.2) is 0 Å². The summed E-state index contributed by atoms with van der Waals surface area (Å²) >= 11 is 0. The van der Waals surface area contributed by atoms with E-state index in [9.17, 15) is 13.2 Å². The van der Waals surface area contributed by atoms with Gasteiger partial charge in [-0.25, -0.2) is 4.98 Å². The van der Waals surface area contributed by atoms with E-state index in [0.717, 1.165) is 23.9 Å². The van der Waals surface area contributed by atoms with Gasteiger partial charge >= 0.3 is 6.18 Å². The summed E-state index contributed by atoms with van der Waals surface area (Å²) < 4.78 is 38.2. The fraction of sp³-hybridized carbons (Fsp3) is 0.444. The molecular formula is C18H21F3N2. The highest BCUT2D eigenvalue weighted by molar-refractivity contribution is 5.18. The van der Waals surface area contributed by atoms with Gasteiger partial charge in [-0.3, -0.25) is 4.98 Å². The fourth-order valence-electron chi connectivity index (χ4n) is 2.35. The molecule has 0 aromatic carbocycles. The molecule has 2 nitrogen and oxygen atoms in total. The molecule has 0 aliphatic heterocycles. The predicted octanol–water partition coefficient (Wildman–Crippen LogP) is 5.36. The van der Waals surface area contributed by atoms with Crippen LogP contribution in [0.25, 0.3) is 0 Å². The Morgan fingerprint density at radius 2 is 1.57 bits per heavy atom. The second kappa shape index (κ2) is 7.11. The highest BCUT2D eigenvalue weighted by Crippen LogP contribution is 2.29. The predicted molar refractivity (Wildman–Crippen MR) is 84.3 cm³/mol. The van der Waals surface area contributed by atoms with Gasteiger partial charge < -0.3 is 0 Å². The Kier molecular flexibility index (Phi) is 5.39. The quantitative estimate of drug-likeness (QED) is 0.741. The topological polar surface area (TPSA) is 25.8 Å². The number of aromatic nitrogens is 2. The summed E-state index contributed by atoms with van der Waals surface area (Å²) in [4.78, 5) is 8.35. The molecule has 124 valence electrons. The van der Waals surface area contributed by atoms with Gasteiger partial charge in [-0.15, -0.1) is 0 Å². The third kappa shape index (κ3) is 4.78. The summed E-state index contributed by atoms with van der Waals surface area (Å²) in [5, 5.41) is 0. The number of rotatable bonds is 5. The molecule has 0 radical (unpaired) electrons. The molecule has 0 saturated heterocycles. The number of hydrogen-bond donors (Lipinski definition) is 0. The highest BCUT2D eigenvalue weighted by atomic mass is 19.4. The number of hydrogen-bond acceptors (Lipinski definition) is 2. The first-order chi connectivity index (χ1) is 10.8. The zero-order valence-electron chi connectivity index (χ0n) is 13.6. The van der Waals surface area contributed by atoms with Gasteiger partial charge in [-0.1, -0.05) is 32.9 Å². The Hall–Kier alpha value is -1.91. The van der Waals surface area contributed by atoms with Crippen molar-refractivity contribution in [2.75, 3.05) is 0 Å². The van der Waals surface area contributed by atoms with Crippen molar-refractivity contribution >= 4 is 0 Å². The Bertz CT molecular complexity index is 651. The third-order valence-electron chi connectivity index (χ3n) is 3.82. The molecule has 2 rings (SSSR count). The SMILES string of the molecule is CC(C)c1cccc(CCC(C)c2cccc(C(F)(F)F)n2)n1. The molecule has 0 saturated carbocycles. The first kappa shape index (κ1) is 17.4. The number of pyridine rings is 2.